The summed E-state index contributed by atoms with van der Waals surface area (Å²) >= 11 is 0. The van der Waals surface area contributed by atoms with Crippen molar-refractivity contribution in [1.82, 2.24) is 9.80 Å². The van der Waals surface area contributed by atoms with Crippen molar-refractivity contribution in [2.45, 2.75) is 78.7 Å². The van der Waals surface area contributed by atoms with Gasteiger partial charge in [-0.25, -0.2) is 14.0 Å². The van der Waals surface area contributed by atoms with Crippen LogP contribution in [0.5, 0.6) is 0 Å². The van der Waals surface area contributed by atoms with Crippen LogP contribution in [0, 0.1) is 5.82 Å². The van der Waals surface area contributed by atoms with Crippen LogP contribution in [0.3, 0.4) is 0 Å². The maximum absolute atomic E-state index is 14.2. The zero-order chi connectivity index (χ0) is 73.4. The summed E-state index contributed by atoms with van der Waals surface area (Å²) < 4.78 is 25.0. The van der Waals surface area contributed by atoms with Gasteiger partial charge in [0.1, 0.15) is 18.0 Å². The van der Waals surface area contributed by atoms with Crippen LogP contribution in [-0.4, -0.2) is 52.8 Å². The molecule has 0 bridgehead atoms. The SMILES string of the molecule is CCCc1ccc(COC(=O)N2[C@H](C)CN(C(=O)OC(C)(C)C)C[C@@H]2C)c(F)c1.[Pd].c1ccc(P(c2ccccc2)c2ccccc2)cc1.c1ccc(P(c2ccccc2)c2ccccc2)cc1.c1ccc(P(c2ccccc2)c2ccccc2)cc1.c1ccc(P(c2ccccc2)c2ccccc2)cc1. The molecule has 14 rings (SSSR count). The van der Waals surface area contributed by atoms with E-state index in [1.54, 1.807) is 15.9 Å². The van der Waals surface area contributed by atoms with Gasteiger partial charge < -0.3 is 14.4 Å². The summed E-state index contributed by atoms with van der Waals surface area (Å²) in [5, 5.41) is 16.8. The molecule has 0 saturated carbocycles. The van der Waals surface area contributed by atoms with Crippen LogP contribution in [0.1, 0.15) is 59.1 Å². The maximum atomic E-state index is 14.2. The van der Waals surface area contributed by atoms with Crippen LogP contribution in [-0.2, 0) is 42.9 Å². The molecule has 0 aromatic heterocycles. The van der Waals surface area contributed by atoms with Crippen molar-refractivity contribution in [3.8, 4) is 0 Å². The summed E-state index contributed by atoms with van der Waals surface area (Å²) in [4.78, 5) is 28.2. The minimum absolute atomic E-state index is 0. The second-order valence-electron chi connectivity index (χ2n) is 26.1. The van der Waals surface area contributed by atoms with Gasteiger partial charge >= 0.3 is 12.2 Å². The average molecular weight is 1560 g/mol. The number of halogens is 1. The van der Waals surface area contributed by atoms with Crippen molar-refractivity contribution in [3.63, 3.8) is 0 Å². The number of benzene rings is 13. The molecule has 0 unspecified atom stereocenters. The number of carbonyl (C=O) groups excluding carboxylic acids is 2. The molecule has 0 radical (unpaired) electrons. The zero-order valence-corrected chi connectivity index (χ0v) is 66.2. The summed E-state index contributed by atoms with van der Waals surface area (Å²) in [6.07, 6.45) is 0.858. The fourth-order valence-corrected chi connectivity index (χ4v) is 21.5. The number of rotatable bonds is 16. The van der Waals surface area contributed by atoms with Gasteiger partial charge in [-0.3, -0.25) is 4.90 Å². The molecule has 0 N–H and O–H groups in total. The van der Waals surface area contributed by atoms with E-state index in [0.717, 1.165) is 18.4 Å². The predicted molar refractivity (Wildman–Crippen MR) is 450 cm³/mol. The number of piperazine rings is 1. The molecule has 106 heavy (non-hydrogen) atoms. The van der Waals surface area contributed by atoms with Gasteiger partial charge in [0.25, 0.3) is 0 Å². The Morgan fingerprint density at radius 2 is 0.575 bits per heavy atom. The van der Waals surface area contributed by atoms with Crippen LogP contribution < -0.4 is 63.7 Å². The predicted octanol–water partition coefficient (Wildman–Crippen LogP) is 18.5. The van der Waals surface area contributed by atoms with Gasteiger partial charge in [-0.2, -0.15) is 0 Å². The summed E-state index contributed by atoms with van der Waals surface area (Å²) in [5.74, 6) is -0.361. The van der Waals surface area contributed by atoms with Crippen molar-refractivity contribution >= 4 is 108 Å². The Hall–Kier alpha value is -9.29. The monoisotopic (exact) mass is 1560 g/mol. The molecule has 13 aromatic rings. The van der Waals surface area contributed by atoms with Gasteiger partial charge in [-0.1, -0.05) is 389 Å². The van der Waals surface area contributed by atoms with Crippen LogP contribution >= 0.6 is 31.7 Å². The van der Waals surface area contributed by atoms with E-state index in [0.29, 0.717) is 18.7 Å². The third-order valence-electron chi connectivity index (χ3n) is 17.0. The Balaban J connectivity index is 0.000000154. The van der Waals surface area contributed by atoms with E-state index in [-0.39, 0.29) is 44.9 Å². The number of nitrogens with zero attached hydrogens (tertiary/aromatic N) is 2. The molecule has 540 valence electrons. The standard InChI is InChI=1S/C22H33FN2O4.4C18H15P.Pd/c1-7-8-17-9-10-18(19(23)11-17)14-28-21(27)25-15(2)12-24(13-16(25)3)20(26)29-22(4,5)6;4*1-4-10-16(11-5-1)19(17-12-6-2-7-13-17)18-14-8-3-9-15-18;/h9-11,15-16H,7-8,12-14H2,1-6H3;4*1-15H;/t15-,16+;;;;;. The molecular weight excluding hydrogens is 1470 g/mol. The van der Waals surface area contributed by atoms with Crippen molar-refractivity contribution in [2.24, 2.45) is 0 Å². The Morgan fingerprint density at radius 3 is 0.764 bits per heavy atom. The average Bonchev–Trinajstić information content (AvgIpc) is 0.854. The van der Waals surface area contributed by atoms with E-state index in [1.807, 2.05) is 47.6 Å². The van der Waals surface area contributed by atoms with Crippen LogP contribution in [0.2, 0.25) is 0 Å². The largest absolute Gasteiger partial charge is 0.444 e. The molecule has 12 heteroatoms. The molecule has 1 aliphatic heterocycles. The van der Waals surface area contributed by atoms with Gasteiger partial charge in [0, 0.05) is 39.1 Å². The number of amides is 2. The molecular formula is C94H93FN2O4P4Pd. The van der Waals surface area contributed by atoms with Gasteiger partial charge in [-0.15, -0.1) is 0 Å². The third kappa shape index (κ3) is 24.4. The minimum atomic E-state index is -0.573. The Kier molecular flexibility index (Phi) is 32.6. The molecule has 1 heterocycles. The van der Waals surface area contributed by atoms with Gasteiger partial charge in [0.05, 0.1) is 12.1 Å². The van der Waals surface area contributed by atoms with E-state index >= 15 is 0 Å². The van der Waals surface area contributed by atoms with Crippen molar-refractivity contribution in [1.29, 1.82) is 0 Å². The first-order valence-corrected chi connectivity index (χ1v) is 41.2. The zero-order valence-electron chi connectivity index (χ0n) is 61.1. The molecule has 2 atom stereocenters. The Morgan fingerprint density at radius 1 is 0.358 bits per heavy atom. The molecule has 13 aromatic carbocycles. The van der Waals surface area contributed by atoms with E-state index in [1.165, 1.54) is 69.7 Å². The number of aryl methyl sites for hydroxylation is 1. The number of hydrogen-bond acceptors (Lipinski definition) is 4. The van der Waals surface area contributed by atoms with Gasteiger partial charge in [0.15, 0.2) is 0 Å². The quantitative estimate of drug-likeness (QED) is 0.0714. The molecule has 0 spiro atoms. The van der Waals surface area contributed by atoms with Crippen LogP contribution in [0.4, 0.5) is 14.0 Å². The molecule has 1 saturated heterocycles. The second-order valence-corrected chi connectivity index (χ2v) is 35.0. The molecule has 1 aliphatic rings. The van der Waals surface area contributed by atoms with E-state index in [2.05, 4.69) is 364 Å². The molecule has 6 nitrogen and oxygen atoms in total. The fourth-order valence-electron chi connectivity index (χ4n) is 12.2. The molecule has 1 fully saturated rings. The normalized spacial score (nSPS) is 13.0. The summed E-state index contributed by atoms with van der Waals surface area (Å²) in [5.41, 5.74) is 0.711. The number of carbonyl (C=O) groups is 2. The first kappa shape index (κ1) is 80.8. The molecule has 0 aliphatic carbocycles. The first-order chi connectivity index (χ1) is 51.3. The van der Waals surface area contributed by atoms with Gasteiger partial charge in [0.2, 0.25) is 0 Å². The van der Waals surface area contributed by atoms with Crippen molar-refractivity contribution in [3.05, 3.63) is 399 Å². The minimum Gasteiger partial charge on any atom is -0.444 e. The maximum Gasteiger partial charge on any atom is 0.410 e. The van der Waals surface area contributed by atoms with E-state index < -0.39 is 49.5 Å². The molecule has 2 amide bonds. The second kappa shape index (κ2) is 42.8. The summed E-state index contributed by atoms with van der Waals surface area (Å²) in [7, 11) is -1.78. The Labute approximate surface area is 647 Å². The summed E-state index contributed by atoms with van der Waals surface area (Å²) in [6.45, 7) is 11.8. The number of ether oxygens (including phenoxy) is 2. The smallest absolute Gasteiger partial charge is 0.410 e. The summed E-state index contributed by atoms with van der Waals surface area (Å²) in [6, 6.07) is 134. The van der Waals surface area contributed by atoms with Crippen LogP contribution in [0.25, 0.3) is 0 Å². The first-order valence-electron chi connectivity index (χ1n) is 35.8. The topological polar surface area (TPSA) is 59.1 Å². The van der Waals surface area contributed by atoms with Crippen LogP contribution in [0.15, 0.2) is 382 Å². The van der Waals surface area contributed by atoms with Crippen molar-refractivity contribution < 1.29 is 43.9 Å². The third-order valence-corrected chi connectivity index (χ3v) is 26.7. The van der Waals surface area contributed by atoms with Gasteiger partial charge in [-0.05, 0) is 148 Å². The fraction of sp³-hybridized carbons (Fsp3) is 0.149. The number of hydrogen-bond donors (Lipinski definition) is 0. The van der Waals surface area contributed by atoms with Crippen molar-refractivity contribution in [2.75, 3.05) is 13.1 Å². The van der Waals surface area contributed by atoms with E-state index in [4.69, 9.17) is 9.47 Å². The Bertz CT molecular complexity index is 3750. The van der Waals surface area contributed by atoms with E-state index in [9.17, 15) is 14.0 Å².